The third-order valence-corrected chi connectivity index (χ3v) is 3.61. The molecule has 1 unspecified atom stereocenters. The molecule has 0 fully saturated rings. The second-order valence-electron chi connectivity index (χ2n) is 5.56. The fraction of sp³-hybridized carbons (Fsp3) is 0.333. The molecule has 0 saturated heterocycles. The van der Waals surface area contributed by atoms with Crippen LogP contribution in [-0.4, -0.2) is 17.4 Å². The van der Waals surface area contributed by atoms with E-state index in [1.807, 2.05) is 44.2 Å². The molecule has 1 heterocycles. The van der Waals surface area contributed by atoms with E-state index in [9.17, 15) is 4.79 Å². The predicted molar refractivity (Wildman–Crippen MR) is 85.1 cm³/mol. The maximum absolute atomic E-state index is 11.9. The molecular weight excluding hydrogens is 260 g/mol. The first-order chi connectivity index (χ1) is 10.1. The van der Waals surface area contributed by atoms with Gasteiger partial charge in [0.1, 0.15) is 0 Å². The molecule has 0 radical (unpaired) electrons. The van der Waals surface area contributed by atoms with E-state index in [1.54, 1.807) is 6.20 Å². The Morgan fingerprint density at radius 3 is 2.48 bits per heavy atom. The summed E-state index contributed by atoms with van der Waals surface area (Å²) in [6, 6.07) is 14.2. The van der Waals surface area contributed by atoms with E-state index in [-0.39, 0.29) is 17.7 Å². The van der Waals surface area contributed by atoms with Crippen LogP contribution >= 0.6 is 0 Å². The molecular formula is C18H22N2O. The van der Waals surface area contributed by atoms with Gasteiger partial charge in [0.2, 0.25) is 5.91 Å². The minimum absolute atomic E-state index is 0.00810. The number of hydrogen-bond acceptors (Lipinski definition) is 2. The summed E-state index contributed by atoms with van der Waals surface area (Å²) >= 11 is 0. The van der Waals surface area contributed by atoms with Crippen molar-refractivity contribution in [2.75, 3.05) is 6.54 Å². The number of amides is 1. The van der Waals surface area contributed by atoms with Crippen LogP contribution < -0.4 is 5.32 Å². The van der Waals surface area contributed by atoms with Crippen LogP contribution in [0.5, 0.6) is 0 Å². The van der Waals surface area contributed by atoms with E-state index < -0.39 is 0 Å². The van der Waals surface area contributed by atoms with Gasteiger partial charge in [0.05, 0.1) is 0 Å². The van der Waals surface area contributed by atoms with Crippen molar-refractivity contribution in [2.24, 2.45) is 5.92 Å². The molecule has 1 aromatic heterocycles. The van der Waals surface area contributed by atoms with Gasteiger partial charge >= 0.3 is 0 Å². The maximum atomic E-state index is 11.9. The number of nitrogens with one attached hydrogen (secondary N) is 1. The SMILES string of the molecule is Cc1ccccc1C(CNC(=O)C(C)C)c1ccccn1. The van der Waals surface area contributed by atoms with Gasteiger partial charge in [-0.05, 0) is 30.2 Å². The molecule has 3 heteroatoms. The van der Waals surface area contributed by atoms with Gasteiger partial charge in [-0.2, -0.15) is 0 Å². The molecule has 2 aromatic rings. The zero-order valence-electron chi connectivity index (χ0n) is 12.8. The third-order valence-electron chi connectivity index (χ3n) is 3.61. The molecule has 1 aromatic carbocycles. The number of nitrogens with zero attached hydrogens (tertiary/aromatic N) is 1. The molecule has 0 bridgehead atoms. The lowest BCUT2D eigenvalue weighted by molar-refractivity contribution is -0.124. The summed E-state index contributed by atoms with van der Waals surface area (Å²) in [5, 5.41) is 3.03. The van der Waals surface area contributed by atoms with Crippen LogP contribution in [0.15, 0.2) is 48.7 Å². The van der Waals surface area contributed by atoms with Gasteiger partial charge in [0.25, 0.3) is 0 Å². The highest BCUT2D eigenvalue weighted by Crippen LogP contribution is 2.25. The molecule has 0 spiro atoms. The Balaban J connectivity index is 2.28. The summed E-state index contributed by atoms with van der Waals surface area (Å²) in [6.45, 7) is 6.46. The first-order valence-electron chi connectivity index (χ1n) is 7.33. The number of carbonyl (C=O) groups is 1. The zero-order chi connectivity index (χ0) is 15.2. The standard InChI is InChI=1S/C18H22N2O/c1-13(2)18(21)20-12-16(17-10-6-7-11-19-17)15-9-5-4-8-14(15)3/h4-11,13,16H,12H2,1-3H3,(H,20,21). The molecule has 1 amide bonds. The van der Waals surface area contributed by atoms with Gasteiger partial charge < -0.3 is 5.32 Å². The number of carbonyl (C=O) groups excluding carboxylic acids is 1. The van der Waals surface area contributed by atoms with E-state index in [0.717, 1.165) is 5.69 Å². The Labute approximate surface area is 126 Å². The van der Waals surface area contributed by atoms with Crippen molar-refractivity contribution in [1.82, 2.24) is 10.3 Å². The van der Waals surface area contributed by atoms with Gasteiger partial charge in [0, 0.05) is 30.3 Å². The summed E-state index contributed by atoms with van der Waals surface area (Å²) in [6.07, 6.45) is 1.80. The van der Waals surface area contributed by atoms with Crippen molar-refractivity contribution in [3.63, 3.8) is 0 Å². The number of rotatable bonds is 5. The topological polar surface area (TPSA) is 42.0 Å². The van der Waals surface area contributed by atoms with E-state index in [1.165, 1.54) is 11.1 Å². The Bertz CT molecular complexity index is 593. The monoisotopic (exact) mass is 282 g/mol. The van der Waals surface area contributed by atoms with Gasteiger partial charge in [-0.3, -0.25) is 9.78 Å². The molecule has 0 aliphatic carbocycles. The summed E-state index contributed by atoms with van der Waals surface area (Å²) in [5.74, 6) is 0.144. The zero-order valence-corrected chi connectivity index (χ0v) is 12.8. The third kappa shape index (κ3) is 3.91. The van der Waals surface area contributed by atoms with Crippen molar-refractivity contribution in [3.8, 4) is 0 Å². The van der Waals surface area contributed by atoms with Crippen molar-refractivity contribution in [3.05, 3.63) is 65.5 Å². The number of aryl methyl sites for hydroxylation is 1. The molecule has 1 atom stereocenters. The molecule has 0 aliphatic heterocycles. The van der Waals surface area contributed by atoms with E-state index in [0.29, 0.717) is 6.54 Å². The normalized spacial score (nSPS) is 12.2. The summed E-state index contributed by atoms with van der Waals surface area (Å²) in [5.41, 5.74) is 3.41. The highest BCUT2D eigenvalue weighted by molar-refractivity contribution is 5.77. The molecule has 3 nitrogen and oxygen atoms in total. The number of aromatic nitrogens is 1. The lowest BCUT2D eigenvalue weighted by Gasteiger charge is -2.20. The van der Waals surface area contributed by atoms with Gasteiger partial charge in [-0.25, -0.2) is 0 Å². The van der Waals surface area contributed by atoms with Crippen molar-refractivity contribution in [1.29, 1.82) is 0 Å². The quantitative estimate of drug-likeness (QED) is 0.914. The molecule has 2 rings (SSSR count). The minimum atomic E-state index is -0.00810. The second-order valence-corrected chi connectivity index (χ2v) is 5.56. The Morgan fingerprint density at radius 2 is 1.86 bits per heavy atom. The van der Waals surface area contributed by atoms with Gasteiger partial charge in [-0.1, -0.05) is 44.2 Å². The van der Waals surface area contributed by atoms with Crippen LogP contribution in [0.1, 0.15) is 36.6 Å². The molecule has 1 N–H and O–H groups in total. The van der Waals surface area contributed by atoms with Crippen molar-refractivity contribution < 1.29 is 4.79 Å². The highest BCUT2D eigenvalue weighted by Gasteiger charge is 2.18. The first-order valence-corrected chi connectivity index (χ1v) is 7.33. The first kappa shape index (κ1) is 15.2. The van der Waals surface area contributed by atoms with Gasteiger partial charge in [-0.15, -0.1) is 0 Å². The fourth-order valence-electron chi connectivity index (χ4n) is 2.34. The number of hydrogen-bond donors (Lipinski definition) is 1. The van der Waals surface area contributed by atoms with Crippen molar-refractivity contribution in [2.45, 2.75) is 26.7 Å². The summed E-state index contributed by atoms with van der Waals surface area (Å²) in [4.78, 5) is 16.3. The molecule has 0 saturated carbocycles. The van der Waals surface area contributed by atoms with E-state index in [4.69, 9.17) is 0 Å². The summed E-state index contributed by atoms with van der Waals surface area (Å²) < 4.78 is 0. The molecule has 21 heavy (non-hydrogen) atoms. The van der Waals surface area contributed by atoms with Crippen LogP contribution in [0.3, 0.4) is 0 Å². The minimum Gasteiger partial charge on any atom is -0.355 e. The van der Waals surface area contributed by atoms with Crippen LogP contribution in [0.2, 0.25) is 0 Å². The number of pyridine rings is 1. The lowest BCUT2D eigenvalue weighted by Crippen LogP contribution is -2.32. The fourth-order valence-corrected chi connectivity index (χ4v) is 2.34. The van der Waals surface area contributed by atoms with Crippen LogP contribution in [0, 0.1) is 12.8 Å². The average Bonchev–Trinajstić information content (AvgIpc) is 2.50. The van der Waals surface area contributed by atoms with E-state index in [2.05, 4.69) is 29.4 Å². The second kappa shape index (κ2) is 7.02. The van der Waals surface area contributed by atoms with Crippen molar-refractivity contribution >= 4 is 5.91 Å². The number of benzene rings is 1. The molecule has 0 aliphatic rings. The average molecular weight is 282 g/mol. The van der Waals surface area contributed by atoms with Crippen LogP contribution in [0.4, 0.5) is 0 Å². The van der Waals surface area contributed by atoms with Gasteiger partial charge in [0.15, 0.2) is 0 Å². The summed E-state index contributed by atoms with van der Waals surface area (Å²) in [7, 11) is 0. The smallest absolute Gasteiger partial charge is 0.222 e. The largest absolute Gasteiger partial charge is 0.355 e. The maximum Gasteiger partial charge on any atom is 0.222 e. The van der Waals surface area contributed by atoms with Crippen LogP contribution in [-0.2, 0) is 4.79 Å². The van der Waals surface area contributed by atoms with Crippen LogP contribution in [0.25, 0.3) is 0 Å². The molecule has 110 valence electrons. The van der Waals surface area contributed by atoms with E-state index >= 15 is 0 Å². The lowest BCUT2D eigenvalue weighted by atomic mass is 9.91. The Hall–Kier alpha value is -2.16. The predicted octanol–water partition coefficient (Wildman–Crippen LogP) is 3.29. The Morgan fingerprint density at radius 1 is 1.14 bits per heavy atom. The highest BCUT2D eigenvalue weighted by atomic mass is 16.1. The Kier molecular flexibility index (Phi) is 5.09.